The zero-order valence-corrected chi connectivity index (χ0v) is 23.9. The number of nitrogens with one attached hydrogen (secondary N) is 2. The van der Waals surface area contributed by atoms with Gasteiger partial charge in [0.15, 0.2) is 0 Å². The van der Waals surface area contributed by atoms with Crippen LogP contribution in [0.1, 0.15) is 66.0 Å². The fourth-order valence-electron chi connectivity index (χ4n) is 4.86. The number of rotatable bonds is 9. The number of hydrogen-bond acceptors (Lipinski definition) is 4. The number of amides is 1. The summed E-state index contributed by atoms with van der Waals surface area (Å²) in [5.74, 6) is -0.220. The van der Waals surface area contributed by atoms with Crippen molar-refractivity contribution in [2.45, 2.75) is 59.7 Å². The van der Waals surface area contributed by atoms with E-state index in [-0.39, 0.29) is 36.5 Å². The van der Waals surface area contributed by atoms with E-state index in [0.717, 1.165) is 52.7 Å². The third kappa shape index (κ3) is 6.34. The molecule has 0 aliphatic heterocycles. The number of aromatic nitrogens is 3. The van der Waals surface area contributed by atoms with Crippen LogP contribution in [0.5, 0.6) is 0 Å². The molecule has 0 spiro atoms. The molecule has 2 aromatic carbocycles. The summed E-state index contributed by atoms with van der Waals surface area (Å²) >= 11 is 0. The molecule has 0 aliphatic carbocycles. The molecule has 2 aromatic heterocycles. The Bertz CT molecular complexity index is 1490. The smallest absolute Gasteiger partial charge is 0.253 e. The van der Waals surface area contributed by atoms with Crippen molar-refractivity contribution in [3.8, 4) is 11.1 Å². The number of benzene rings is 2. The minimum atomic E-state index is -0.220. The Kier molecular flexibility index (Phi) is 9.52. The molecule has 0 fully saturated rings. The van der Waals surface area contributed by atoms with Crippen LogP contribution in [-0.4, -0.2) is 39.7 Å². The number of fused-ring (bicyclic) bond motifs is 1. The zero-order valence-electron chi connectivity index (χ0n) is 23.1. The van der Waals surface area contributed by atoms with E-state index in [1.54, 1.807) is 6.20 Å². The molecule has 2 N–H and O–H groups in total. The number of nitrogens with zero attached hydrogens (tertiary/aromatic N) is 3. The van der Waals surface area contributed by atoms with Crippen LogP contribution >= 0.6 is 12.4 Å². The van der Waals surface area contributed by atoms with Crippen LogP contribution in [0.2, 0.25) is 0 Å². The number of carbonyl (C=O) groups is 1. The van der Waals surface area contributed by atoms with E-state index < -0.39 is 0 Å². The predicted molar refractivity (Wildman–Crippen MR) is 157 cm³/mol. The van der Waals surface area contributed by atoms with Crippen LogP contribution in [0.15, 0.2) is 53.5 Å². The number of hydrogen-bond donors (Lipinski definition) is 2. The summed E-state index contributed by atoms with van der Waals surface area (Å²) < 4.78 is 1.95. The number of aromatic amines is 1. The van der Waals surface area contributed by atoms with E-state index in [0.29, 0.717) is 11.1 Å². The lowest BCUT2D eigenvalue weighted by Crippen LogP contribution is -2.28. The lowest BCUT2D eigenvalue weighted by molar-refractivity contribution is 0.0952. The maximum Gasteiger partial charge on any atom is 0.253 e. The van der Waals surface area contributed by atoms with Gasteiger partial charge < -0.3 is 15.2 Å². The van der Waals surface area contributed by atoms with E-state index in [1.807, 2.05) is 37.8 Å². The lowest BCUT2D eigenvalue weighted by Gasteiger charge is -2.14. The van der Waals surface area contributed by atoms with E-state index in [1.165, 1.54) is 5.56 Å². The minimum absolute atomic E-state index is 0. The van der Waals surface area contributed by atoms with Gasteiger partial charge >= 0.3 is 0 Å². The fourth-order valence-corrected chi connectivity index (χ4v) is 4.86. The van der Waals surface area contributed by atoms with E-state index in [4.69, 9.17) is 0 Å². The molecule has 8 heteroatoms. The maximum atomic E-state index is 13.6. The Morgan fingerprint density at radius 3 is 2.58 bits per heavy atom. The molecular formula is C30H38ClN5O2. The molecule has 0 atom stereocenters. The van der Waals surface area contributed by atoms with Gasteiger partial charge in [-0.25, -0.2) is 0 Å². The highest BCUT2D eigenvalue weighted by Crippen LogP contribution is 2.30. The molecule has 2 heterocycles. The van der Waals surface area contributed by atoms with Crippen LogP contribution in [0.25, 0.3) is 22.0 Å². The van der Waals surface area contributed by atoms with Crippen LogP contribution in [0.4, 0.5) is 0 Å². The van der Waals surface area contributed by atoms with Gasteiger partial charge in [0.25, 0.3) is 11.5 Å². The second kappa shape index (κ2) is 12.4. The van der Waals surface area contributed by atoms with Crippen molar-refractivity contribution in [1.29, 1.82) is 0 Å². The number of halogens is 1. The normalized spacial score (nSPS) is 11.3. The van der Waals surface area contributed by atoms with Crippen molar-refractivity contribution in [2.75, 3.05) is 14.1 Å². The van der Waals surface area contributed by atoms with Crippen molar-refractivity contribution in [3.63, 3.8) is 0 Å². The number of H-pyrrole nitrogens is 1. The van der Waals surface area contributed by atoms with Crippen molar-refractivity contribution in [1.82, 2.24) is 25.0 Å². The molecule has 38 heavy (non-hydrogen) atoms. The molecular weight excluding hydrogens is 498 g/mol. The van der Waals surface area contributed by atoms with Gasteiger partial charge in [-0.3, -0.25) is 14.3 Å². The molecule has 0 saturated heterocycles. The first kappa shape index (κ1) is 29.1. The fraction of sp³-hybridized carbons (Fsp3) is 0.367. The monoisotopic (exact) mass is 535 g/mol. The van der Waals surface area contributed by atoms with Gasteiger partial charge in [-0.2, -0.15) is 5.10 Å². The summed E-state index contributed by atoms with van der Waals surface area (Å²) in [6.45, 7) is 9.13. The molecule has 0 bridgehead atoms. The Balaban J connectivity index is 0.00000400. The molecule has 202 valence electrons. The van der Waals surface area contributed by atoms with Crippen molar-refractivity contribution >= 4 is 29.2 Å². The molecule has 7 nitrogen and oxygen atoms in total. The van der Waals surface area contributed by atoms with E-state index in [2.05, 4.69) is 71.4 Å². The van der Waals surface area contributed by atoms with Crippen LogP contribution in [0.3, 0.4) is 0 Å². The predicted octanol–water partition coefficient (Wildman–Crippen LogP) is 5.65. The first-order valence-electron chi connectivity index (χ1n) is 12.9. The summed E-state index contributed by atoms with van der Waals surface area (Å²) in [4.78, 5) is 31.3. The van der Waals surface area contributed by atoms with Crippen molar-refractivity contribution < 1.29 is 4.79 Å². The summed E-state index contributed by atoms with van der Waals surface area (Å²) in [6.07, 6.45) is 3.48. The standard InChI is InChI=1S/C30H37N5O2.ClH/c1-7-9-23-12-20(4)33-30(37)26(23)16-31-29(36)25-14-24(15-28-27(25)17-32-35(28)19(2)3)22-11-8-10-21(13-22)18-34(5)6;/h8,10-15,17,19H,7,9,16,18H2,1-6H3,(H,31,36)(H,33,37);1H. The van der Waals surface area contributed by atoms with Gasteiger partial charge in [0.2, 0.25) is 0 Å². The van der Waals surface area contributed by atoms with E-state index >= 15 is 0 Å². The second-order valence-corrected chi connectivity index (χ2v) is 10.3. The van der Waals surface area contributed by atoms with Crippen LogP contribution in [0, 0.1) is 6.92 Å². The molecule has 0 saturated carbocycles. The molecule has 4 aromatic rings. The third-order valence-electron chi connectivity index (χ3n) is 6.52. The quantitative estimate of drug-likeness (QED) is 0.290. The zero-order chi connectivity index (χ0) is 26.7. The Morgan fingerprint density at radius 1 is 1.13 bits per heavy atom. The number of carbonyl (C=O) groups excluding carboxylic acids is 1. The van der Waals surface area contributed by atoms with Gasteiger partial charge in [0, 0.05) is 35.8 Å². The van der Waals surface area contributed by atoms with Gasteiger partial charge in [-0.15, -0.1) is 12.4 Å². The largest absolute Gasteiger partial charge is 0.348 e. The Hall–Kier alpha value is -3.42. The SMILES string of the molecule is CCCc1cc(C)[nH]c(=O)c1CNC(=O)c1cc(-c2cccc(CN(C)C)c2)cc2c1cnn2C(C)C.Cl. The highest BCUT2D eigenvalue weighted by Gasteiger charge is 2.18. The summed E-state index contributed by atoms with van der Waals surface area (Å²) in [5, 5.41) is 8.40. The highest BCUT2D eigenvalue weighted by molar-refractivity contribution is 6.08. The topological polar surface area (TPSA) is 83.0 Å². The van der Waals surface area contributed by atoms with Crippen molar-refractivity contribution in [3.05, 3.63) is 87.0 Å². The van der Waals surface area contributed by atoms with E-state index in [9.17, 15) is 9.59 Å². The van der Waals surface area contributed by atoms with Gasteiger partial charge in [0.05, 0.1) is 17.3 Å². The number of aryl methyl sites for hydroxylation is 2. The molecule has 0 radical (unpaired) electrons. The molecule has 4 rings (SSSR count). The van der Waals surface area contributed by atoms with Gasteiger partial charge in [-0.05, 0) is 87.8 Å². The average Bonchev–Trinajstić information content (AvgIpc) is 3.27. The highest BCUT2D eigenvalue weighted by atomic mass is 35.5. The lowest BCUT2D eigenvalue weighted by atomic mass is 9.98. The average molecular weight is 536 g/mol. The van der Waals surface area contributed by atoms with Gasteiger partial charge in [-0.1, -0.05) is 31.5 Å². The van der Waals surface area contributed by atoms with Gasteiger partial charge in [0.1, 0.15) is 0 Å². The molecule has 0 unspecified atom stereocenters. The first-order valence-corrected chi connectivity index (χ1v) is 12.9. The maximum absolute atomic E-state index is 13.6. The Morgan fingerprint density at radius 2 is 1.89 bits per heavy atom. The van der Waals surface area contributed by atoms with Crippen LogP contribution < -0.4 is 10.9 Å². The molecule has 0 aliphatic rings. The van der Waals surface area contributed by atoms with Crippen molar-refractivity contribution in [2.24, 2.45) is 0 Å². The second-order valence-electron chi connectivity index (χ2n) is 10.3. The summed E-state index contributed by atoms with van der Waals surface area (Å²) in [6, 6.07) is 14.6. The first-order chi connectivity index (χ1) is 17.7. The molecule has 1 amide bonds. The van der Waals surface area contributed by atoms with Crippen LogP contribution in [-0.2, 0) is 19.5 Å². The summed E-state index contributed by atoms with van der Waals surface area (Å²) in [7, 11) is 4.10. The minimum Gasteiger partial charge on any atom is -0.348 e. The Labute approximate surface area is 230 Å². The summed E-state index contributed by atoms with van der Waals surface area (Å²) in [5.41, 5.74) is 6.95. The third-order valence-corrected chi connectivity index (χ3v) is 6.52. The number of pyridine rings is 1.